The fourth-order valence-corrected chi connectivity index (χ4v) is 1.78. The number of carbonyl (C=O) groups excluding carboxylic acids is 1. The first-order valence-corrected chi connectivity index (χ1v) is 6.70. The van der Waals surface area contributed by atoms with E-state index >= 15 is 0 Å². The molecule has 0 fully saturated rings. The predicted molar refractivity (Wildman–Crippen MR) is 78.2 cm³/mol. The fraction of sp³-hybridized carbons (Fsp3) is 0.471. The van der Waals surface area contributed by atoms with Gasteiger partial charge in [0, 0.05) is 12.7 Å². The zero-order chi connectivity index (χ0) is 14.3. The molecule has 0 radical (unpaired) electrons. The average Bonchev–Trinajstić information content (AvgIpc) is 2.42. The van der Waals surface area contributed by atoms with Crippen LogP contribution in [0.3, 0.4) is 0 Å². The van der Waals surface area contributed by atoms with E-state index in [9.17, 15) is 4.79 Å². The van der Waals surface area contributed by atoms with Crippen LogP contribution in [0.5, 0.6) is 0 Å². The van der Waals surface area contributed by atoms with Crippen LogP contribution < -0.4 is 0 Å². The molecule has 0 spiro atoms. The van der Waals surface area contributed by atoms with E-state index in [2.05, 4.69) is 18.8 Å². The van der Waals surface area contributed by atoms with Gasteiger partial charge in [0.15, 0.2) is 0 Å². The normalized spacial score (nSPS) is 13.3. The zero-order valence-corrected chi connectivity index (χ0v) is 12.2. The standard InChI is InChI=1S/C17H22O2/c1-5-6-11-17(3,19-4)12-10-16(18)15-9-7-8-14(2)13-15/h7-9,13H,5-6,11H2,1-4H3. The van der Waals surface area contributed by atoms with E-state index in [0.29, 0.717) is 5.56 Å². The number of hydrogen-bond acceptors (Lipinski definition) is 2. The Labute approximate surface area is 116 Å². The van der Waals surface area contributed by atoms with Gasteiger partial charge in [-0.3, -0.25) is 4.79 Å². The molecule has 2 heteroatoms. The van der Waals surface area contributed by atoms with E-state index in [1.54, 1.807) is 13.2 Å². The second-order valence-corrected chi connectivity index (χ2v) is 4.99. The number of aryl methyl sites for hydroxylation is 1. The van der Waals surface area contributed by atoms with Gasteiger partial charge in [-0.05, 0) is 38.7 Å². The van der Waals surface area contributed by atoms with Crippen molar-refractivity contribution in [3.8, 4) is 11.8 Å². The third-order valence-corrected chi connectivity index (χ3v) is 3.18. The van der Waals surface area contributed by atoms with Crippen LogP contribution in [0.4, 0.5) is 0 Å². The molecule has 19 heavy (non-hydrogen) atoms. The number of benzene rings is 1. The Morgan fingerprint density at radius 2 is 2.16 bits per heavy atom. The van der Waals surface area contributed by atoms with Gasteiger partial charge in [0.1, 0.15) is 5.60 Å². The number of carbonyl (C=O) groups is 1. The zero-order valence-electron chi connectivity index (χ0n) is 12.2. The number of methoxy groups -OCH3 is 1. The van der Waals surface area contributed by atoms with Crippen molar-refractivity contribution in [1.82, 2.24) is 0 Å². The fourth-order valence-electron chi connectivity index (χ4n) is 1.78. The molecule has 1 aromatic rings. The van der Waals surface area contributed by atoms with Gasteiger partial charge in [-0.2, -0.15) is 0 Å². The number of rotatable bonds is 5. The van der Waals surface area contributed by atoms with Crippen molar-refractivity contribution in [3.05, 3.63) is 35.4 Å². The van der Waals surface area contributed by atoms with E-state index < -0.39 is 5.60 Å². The summed E-state index contributed by atoms with van der Waals surface area (Å²) in [7, 11) is 1.64. The summed E-state index contributed by atoms with van der Waals surface area (Å²) < 4.78 is 5.42. The summed E-state index contributed by atoms with van der Waals surface area (Å²) in [5.74, 6) is 5.54. The minimum Gasteiger partial charge on any atom is -0.366 e. The van der Waals surface area contributed by atoms with Gasteiger partial charge in [0.2, 0.25) is 5.78 Å². The average molecular weight is 258 g/mol. The molecule has 1 rings (SSSR count). The van der Waals surface area contributed by atoms with Gasteiger partial charge in [0.05, 0.1) is 0 Å². The Bertz CT molecular complexity index is 493. The van der Waals surface area contributed by atoms with E-state index in [1.807, 2.05) is 32.0 Å². The van der Waals surface area contributed by atoms with Crippen LogP contribution >= 0.6 is 0 Å². The summed E-state index contributed by atoms with van der Waals surface area (Å²) in [5, 5.41) is 0. The molecule has 0 heterocycles. The van der Waals surface area contributed by atoms with Gasteiger partial charge in [-0.1, -0.05) is 43.0 Å². The summed E-state index contributed by atoms with van der Waals surface area (Å²) in [4.78, 5) is 12.0. The van der Waals surface area contributed by atoms with Crippen molar-refractivity contribution in [3.63, 3.8) is 0 Å². The quantitative estimate of drug-likeness (QED) is 0.456. The van der Waals surface area contributed by atoms with E-state index in [4.69, 9.17) is 4.74 Å². The Morgan fingerprint density at radius 1 is 1.42 bits per heavy atom. The van der Waals surface area contributed by atoms with Crippen LogP contribution in [0.1, 0.15) is 49.0 Å². The van der Waals surface area contributed by atoms with E-state index in [1.165, 1.54) is 0 Å². The van der Waals surface area contributed by atoms with Crippen LogP contribution in [-0.2, 0) is 4.74 Å². The highest BCUT2D eigenvalue weighted by molar-refractivity contribution is 6.09. The first-order valence-electron chi connectivity index (χ1n) is 6.70. The van der Waals surface area contributed by atoms with Gasteiger partial charge in [-0.15, -0.1) is 0 Å². The van der Waals surface area contributed by atoms with Gasteiger partial charge >= 0.3 is 0 Å². The summed E-state index contributed by atoms with van der Waals surface area (Å²) >= 11 is 0. The maximum atomic E-state index is 12.0. The Morgan fingerprint density at radius 3 is 2.74 bits per heavy atom. The van der Waals surface area contributed by atoms with Crippen molar-refractivity contribution in [2.75, 3.05) is 7.11 Å². The number of ketones is 1. The minimum absolute atomic E-state index is 0.150. The molecule has 1 atom stereocenters. The molecule has 0 saturated heterocycles. The molecule has 0 aliphatic rings. The highest BCUT2D eigenvalue weighted by Gasteiger charge is 2.19. The highest BCUT2D eigenvalue weighted by Crippen LogP contribution is 2.16. The third-order valence-electron chi connectivity index (χ3n) is 3.18. The summed E-state index contributed by atoms with van der Waals surface area (Å²) in [6.07, 6.45) is 2.97. The summed E-state index contributed by atoms with van der Waals surface area (Å²) in [5.41, 5.74) is 1.17. The predicted octanol–water partition coefficient (Wildman–Crippen LogP) is 3.78. The molecule has 0 saturated carbocycles. The van der Waals surface area contributed by atoms with Crippen molar-refractivity contribution in [1.29, 1.82) is 0 Å². The van der Waals surface area contributed by atoms with Gasteiger partial charge < -0.3 is 4.74 Å². The molecule has 0 N–H and O–H groups in total. The van der Waals surface area contributed by atoms with Crippen LogP contribution in [0.15, 0.2) is 24.3 Å². The van der Waals surface area contributed by atoms with Crippen molar-refractivity contribution < 1.29 is 9.53 Å². The molecule has 1 aromatic carbocycles. The molecule has 1 unspecified atom stereocenters. The van der Waals surface area contributed by atoms with Crippen LogP contribution in [0.25, 0.3) is 0 Å². The summed E-state index contributed by atoms with van der Waals surface area (Å²) in [6.45, 7) is 6.02. The lowest BCUT2D eigenvalue weighted by Crippen LogP contribution is -2.25. The first kappa shape index (κ1) is 15.5. The number of ether oxygens (including phenoxy) is 1. The van der Waals surface area contributed by atoms with Crippen LogP contribution in [0, 0.1) is 18.8 Å². The molecule has 2 nitrogen and oxygen atoms in total. The second-order valence-electron chi connectivity index (χ2n) is 4.99. The van der Waals surface area contributed by atoms with E-state index in [0.717, 1.165) is 24.8 Å². The van der Waals surface area contributed by atoms with Crippen molar-refractivity contribution >= 4 is 5.78 Å². The maximum absolute atomic E-state index is 12.0. The molecule has 0 bridgehead atoms. The van der Waals surface area contributed by atoms with E-state index in [-0.39, 0.29) is 5.78 Å². The molecule has 0 amide bonds. The maximum Gasteiger partial charge on any atom is 0.235 e. The van der Waals surface area contributed by atoms with Crippen LogP contribution in [0.2, 0.25) is 0 Å². The lowest BCUT2D eigenvalue weighted by Gasteiger charge is -2.21. The molecular formula is C17H22O2. The topological polar surface area (TPSA) is 26.3 Å². The number of unbranched alkanes of at least 4 members (excludes halogenated alkanes) is 1. The van der Waals surface area contributed by atoms with Gasteiger partial charge in [0.25, 0.3) is 0 Å². The third kappa shape index (κ3) is 4.89. The van der Waals surface area contributed by atoms with Gasteiger partial charge in [-0.25, -0.2) is 0 Å². The molecule has 0 aromatic heterocycles. The smallest absolute Gasteiger partial charge is 0.235 e. The molecular weight excluding hydrogens is 236 g/mol. The second kappa shape index (κ2) is 7.11. The molecule has 102 valence electrons. The molecule has 0 aliphatic carbocycles. The van der Waals surface area contributed by atoms with Crippen molar-refractivity contribution in [2.45, 2.75) is 45.6 Å². The monoisotopic (exact) mass is 258 g/mol. The molecule has 0 aliphatic heterocycles. The SMILES string of the molecule is CCCCC(C)(C#CC(=O)c1cccc(C)c1)OC. The Kier molecular flexibility index (Phi) is 5.79. The lowest BCUT2D eigenvalue weighted by molar-refractivity contribution is 0.0479. The minimum atomic E-state index is -0.532. The first-order chi connectivity index (χ1) is 9.00. The number of hydrogen-bond donors (Lipinski definition) is 0. The van der Waals surface area contributed by atoms with Crippen molar-refractivity contribution in [2.24, 2.45) is 0 Å². The lowest BCUT2D eigenvalue weighted by atomic mass is 9.98. The van der Waals surface area contributed by atoms with Crippen LogP contribution in [-0.4, -0.2) is 18.5 Å². The summed E-state index contributed by atoms with van der Waals surface area (Å²) in [6, 6.07) is 7.48. The Balaban J connectivity index is 2.83. The Hall–Kier alpha value is -1.59. The highest BCUT2D eigenvalue weighted by atomic mass is 16.5. The largest absolute Gasteiger partial charge is 0.366 e. The number of Topliss-reactive ketones (excluding diaryl/α,β-unsaturated/α-hetero) is 1.